The fourth-order valence-corrected chi connectivity index (χ4v) is 2.53. The number of aryl methyl sites for hydroxylation is 2. The van der Waals surface area contributed by atoms with Crippen LogP contribution in [0.2, 0.25) is 0 Å². The van der Waals surface area contributed by atoms with E-state index in [2.05, 4.69) is 0 Å². The number of ketones is 1. The lowest BCUT2D eigenvalue weighted by molar-refractivity contribution is -0.114. The van der Waals surface area contributed by atoms with Gasteiger partial charge in [-0.05, 0) is 44.2 Å². The molecule has 1 amide bonds. The lowest BCUT2D eigenvalue weighted by atomic mass is 10.0. The molecule has 0 radical (unpaired) electrons. The first kappa shape index (κ1) is 13.7. The number of nitrogens with zero attached hydrogens (tertiary/aromatic N) is 1. The standard InChI is InChI=1S/C15H19NO3/c1-10-6-7-11(2)13-12(10)14(18)15(19)16(13)8-4-3-5-9-17/h6-7,17H,3-5,8-9H2,1-2H3. The number of aliphatic hydroxyl groups is 1. The summed E-state index contributed by atoms with van der Waals surface area (Å²) < 4.78 is 0. The molecule has 0 saturated carbocycles. The van der Waals surface area contributed by atoms with Crippen molar-refractivity contribution < 1.29 is 14.7 Å². The highest BCUT2D eigenvalue weighted by molar-refractivity contribution is 6.52. The van der Waals surface area contributed by atoms with Crippen molar-refractivity contribution in [3.63, 3.8) is 0 Å². The Morgan fingerprint density at radius 2 is 1.74 bits per heavy atom. The van der Waals surface area contributed by atoms with Gasteiger partial charge in [0.05, 0.1) is 11.3 Å². The largest absolute Gasteiger partial charge is 0.396 e. The zero-order valence-electron chi connectivity index (χ0n) is 11.4. The average Bonchev–Trinajstić information content (AvgIpc) is 2.65. The number of Topliss-reactive ketones (excluding diaryl/α,β-unsaturated/α-hetero) is 1. The molecular formula is C15H19NO3. The summed E-state index contributed by atoms with van der Waals surface area (Å²) in [6.45, 7) is 4.49. The first-order chi connectivity index (χ1) is 9.07. The van der Waals surface area contributed by atoms with E-state index in [1.165, 1.54) is 0 Å². The van der Waals surface area contributed by atoms with Crippen LogP contribution in [0.5, 0.6) is 0 Å². The summed E-state index contributed by atoms with van der Waals surface area (Å²) in [7, 11) is 0. The van der Waals surface area contributed by atoms with Crippen LogP contribution in [0.25, 0.3) is 0 Å². The molecule has 1 aliphatic heterocycles. The van der Waals surface area contributed by atoms with E-state index in [4.69, 9.17) is 5.11 Å². The Morgan fingerprint density at radius 3 is 2.42 bits per heavy atom. The summed E-state index contributed by atoms with van der Waals surface area (Å²) in [4.78, 5) is 25.7. The third-order valence-electron chi connectivity index (χ3n) is 3.56. The molecule has 0 bridgehead atoms. The first-order valence-corrected chi connectivity index (χ1v) is 6.65. The van der Waals surface area contributed by atoms with Gasteiger partial charge in [-0.3, -0.25) is 9.59 Å². The van der Waals surface area contributed by atoms with Gasteiger partial charge in [-0.1, -0.05) is 12.1 Å². The van der Waals surface area contributed by atoms with Crippen molar-refractivity contribution in [3.8, 4) is 0 Å². The molecule has 0 spiro atoms. The van der Waals surface area contributed by atoms with E-state index in [-0.39, 0.29) is 6.61 Å². The number of anilines is 1. The predicted octanol–water partition coefficient (Wildman–Crippen LogP) is 2.00. The van der Waals surface area contributed by atoms with Gasteiger partial charge >= 0.3 is 0 Å². The maximum Gasteiger partial charge on any atom is 0.299 e. The average molecular weight is 261 g/mol. The zero-order chi connectivity index (χ0) is 14.0. The van der Waals surface area contributed by atoms with Crippen LogP contribution < -0.4 is 4.90 Å². The van der Waals surface area contributed by atoms with Crippen LogP contribution in [0.4, 0.5) is 5.69 Å². The van der Waals surface area contributed by atoms with Crippen molar-refractivity contribution in [1.29, 1.82) is 0 Å². The van der Waals surface area contributed by atoms with E-state index in [0.717, 1.165) is 36.1 Å². The van der Waals surface area contributed by atoms with E-state index in [1.54, 1.807) is 4.90 Å². The van der Waals surface area contributed by atoms with E-state index >= 15 is 0 Å². The van der Waals surface area contributed by atoms with Gasteiger partial charge in [-0.2, -0.15) is 0 Å². The second-order valence-corrected chi connectivity index (χ2v) is 4.99. The van der Waals surface area contributed by atoms with Gasteiger partial charge in [0.1, 0.15) is 0 Å². The molecule has 0 unspecified atom stereocenters. The Labute approximate surface area is 113 Å². The summed E-state index contributed by atoms with van der Waals surface area (Å²) in [6.07, 6.45) is 2.39. The van der Waals surface area contributed by atoms with Crippen LogP contribution in [0.3, 0.4) is 0 Å². The van der Waals surface area contributed by atoms with Crippen molar-refractivity contribution in [3.05, 3.63) is 28.8 Å². The van der Waals surface area contributed by atoms with Gasteiger partial charge < -0.3 is 10.0 Å². The monoisotopic (exact) mass is 261 g/mol. The maximum atomic E-state index is 12.1. The number of hydrogen-bond acceptors (Lipinski definition) is 3. The van der Waals surface area contributed by atoms with Crippen molar-refractivity contribution in [2.45, 2.75) is 33.1 Å². The summed E-state index contributed by atoms with van der Waals surface area (Å²) in [5, 5.41) is 8.76. The third kappa shape index (κ3) is 2.40. The number of aliphatic hydroxyl groups excluding tert-OH is 1. The molecule has 1 aromatic carbocycles. The molecule has 0 atom stereocenters. The molecule has 4 nitrogen and oxygen atoms in total. The second kappa shape index (κ2) is 5.53. The molecular weight excluding hydrogens is 242 g/mol. The van der Waals surface area contributed by atoms with E-state index in [1.807, 2.05) is 26.0 Å². The summed E-state index contributed by atoms with van der Waals surface area (Å²) in [6, 6.07) is 3.83. The molecule has 102 valence electrons. The summed E-state index contributed by atoms with van der Waals surface area (Å²) >= 11 is 0. The first-order valence-electron chi connectivity index (χ1n) is 6.65. The van der Waals surface area contributed by atoms with E-state index in [9.17, 15) is 9.59 Å². The lowest BCUT2D eigenvalue weighted by Gasteiger charge is -2.18. The number of fused-ring (bicyclic) bond motifs is 1. The number of amides is 1. The number of unbranched alkanes of at least 4 members (excludes halogenated alkanes) is 2. The topological polar surface area (TPSA) is 57.6 Å². The molecule has 0 saturated heterocycles. The van der Waals surface area contributed by atoms with Crippen LogP contribution in [0, 0.1) is 13.8 Å². The molecule has 1 heterocycles. The van der Waals surface area contributed by atoms with Crippen LogP contribution in [-0.2, 0) is 4.79 Å². The Hall–Kier alpha value is -1.68. The molecule has 19 heavy (non-hydrogen) atoms. The molecule has 4 heteroatoms. The minimum Gasteiger partial charge on any atom is -0.396 e. The van der Waals surface area contributed by atoms with Gasteiger partial charge in [-0.25, -0.2) is 0 Å². The van der Waals surface area contributed by atoms with Crippen molar-refractivity contribution in [2.75, 3.05) is 18.1 Å². The Balaban J connectivity index is 2.26. The van der Waals surface area contributed by atoms with Crippen molar-refractivity contribution in [2.24, 2.45) is 0 Å². The third-order valence-corrected chi connectivity index (χ3v) is 3.56. The van der Waals surface area contributed by atoms with Gasteiger partial charge in [0.25, 0.3) is 11.7 Å². The minimum atomic E-state index is -0.420. The van der Waals surface area contributed by atoms with Crippen molar-refractivity contribution >= 4 is 17.4 Å². The van der Waals surface area contributed by atoms with E-state index in [0.29, 0.717) is 12.1 Å². The fourth-order valence-electron chi connectivity index (χ4n) is 2.53. The smallest absolute Gasteiger partial charge is 0.299 e. The minimum absolute atomic E-state index is 0.168. The highest BCUT2D eigenvalue weighted by atomic mass is 16.3. The van der Waals surface area contributed by atoms with Gasteiger partial charge in [0, 0.05) is 13.2 Å². The number of benzene rings is 1. The highest BCUT2D eigenvalue weighted by Crippen LogP contribution is 2.34. The Kier molecular flexibility index (Phi) is 4.00. The Bertz CT molecular complexity index is 522. The normalized spacial score (nSPS) is 14.2. The quantitative estimate of drug-likeness (QED) is 0.651. The molecule has 1 aromatic rings. The summed E-state index contributed by atoms with van der Waals surface area (Å²) in [5.41, 5.74) is 3.16. The predicted molar refractivity (Wildman–Crippen MR) is 73.5 cm³/mol. The molecule has 1 N–H and O–H groups in total. The second-order valence-electron chi connectivity index (χ2n) is 4.99. The molecule has 2 rings (SSSR count). The van der Waals surface area contributed by atoms with Gasteiger partial charge in [0.15, 0.2) is 0 Å². The van der Waals surface area contributed by atoms with Crippen LogP contribution >= 0.6 is 0 Å². The van der Waals surface area contributed by atoms with Gasteiger partial charge in [0.2, 0.25) is 0 Å². The van der Waals surface area contributed by atoms with Crippen LogP contribution in [-0.4, -0.2) is 29.9 Å². The number of rotatable bonds is 5. The van der Waals surface area contributed by atoms with Crippen LogP contribution in [0.15, 0.2) is 12.1 Å². The summed E-state index contributed by atoms with van der Waals surface area (Å²) in [5.74, 6) is -0.810. The van der Waals surface area contributed by atoms with Crippen molar-refractivity contribution in [1.82, 2.24) is 0 Å². The lowest BCUT2D eigenvalue weighted by Crippen LogP contribution is -2.31. The molecule has 0 aromatic heterocycles. The maximum absolute atomic E-state index is 12.1. The number of carbonyl (C=O) groups excluding carboxylic acids is 2. The molecule has 0 aliphatic carbocycles. The SMILES string of the molecule is Cc1ccc(C)c2c1C(=O)C(=O)N2CCCCCO. The molecule has 0 fully saturated rings. The van der Waals surface area contributed by atoms with E-state index < -0.39 is 11.7 Å². The fraction of sp³-hybridized carbons (Fsp3) is 0.467. The number of carbonyl (C=O) groups is 2. The highest BCUT2D eigenvalue weighted by Gasteiger charge is 2.37. The molecule has 1 aliphatic rings. The Morgan fingerprint density at radius 1 is 1.05 bits per heavy atom. The van der Waals surface area contributed by atoms with Crippen LogP contribution in [0.1, 0.15) is 40.7 Å². The van der Waals surface area contributed by atoms with Gasteiger partial charge in [-0.15, -0.1) is 0 Å². The number of hydrogen-bond donors (Lipinski definition) is 1. The zero-order valence-corrected chi connectivity index (χ0v) is 11.4.